The van der Waals surface area contributed by atoms with Gasteiger partial charge in [0.1, 0.15) is 6.54 Å². The highest BCUT2D eigenvalue weighted by atomic mass is 127. The highest BCUT2D eigenvalue weighted by Gasteiger charge is 2.22. The first kappa shape index (κ1) is 21.2. The van der Waals surface area contributed by atoms with Crippen LogP contribution in [0.15, 0.2) is 27.7 Å². The monoisotopic (exact) mass is 510 g/mol. The number of guanidine groups is 1. The molecular formula is C16H24BrIN4O2. The minimum atomic E-state index is -0.322. The van der Waals surface area contributed by atoms with Crippen LogP contribution in [-0.4, -0.2) is 54.2 Å². The third-order valence-corrected chi connectivity index (χ3v) is 4.14. The van der Waals surface area contributed by atoms with E-state index in [4.69, 9.17) is 0 Å². The Morgan fingerprint density at radius 1 is 1.50 bits per heavy atom. The number of nitrogens with zero attached hydrogens (tertiary/aromatic N) is 2. The maximum Gasteiger partial charge on any atom is 0.246 e. The summed E-state index contributed by atoms with van der Waals surface area (Å²) in [4.78, 5) is 18.5. The van der Waals surface area contributed by atoms with Gasteiger partial charge in [-0.1, -0.05) is 22.0 Å². The van der Waals surface area contributed by atoms with Gasteiger partial charge in [-0.2, -0.15) is 0 Å². The summed E-state index contributed by atoms with van der Waals surface area (Å²) in [6.45, 7) is 5.99. The van der Waals surface area contributed by atoms with E-state index in [0.29, 0.717) is 12.5 Å². The molecule has 0 radical (unpaired) electrons. The van der Waals surface area contributed by atoms with Crippen LogP contribution >= 0.6 is 39.9 Å². The van der Waals surface area contributed by atoms with E-state index in [1.54, 1.807) is 0 Å². The Balaban J connectivity index is 0.00000288. The molecule has 1 atom stereocenters. The largest absolute Gasteiger partial charge is 0.391 e. The van der Waals surface area contributed by atoms with Crippen molar-refractivity contribution in [3.63, 3.8) is 0 Å². The fourth-order valence-electron chi connectivity index (χ4n) is 2.43. The Kier molecular flexibility index (Phi) is 8.99. The first-order valence-corrected chi connectivity index (χ1v) is 8.56. The number of carbonyl (C=O) groups excluding carboxylic acids is 1. The number of rotatable bonds is 4. The lowest BCUT2D eigenvalue weighted by Gasteiger charge is -2.20. The van der Waals surface area contributed by atoms with Gasteiger partial charge in [-0.05, 0) is 38.0 Å². The number of likely N-dealkylation sites (tertiary alicyclic amines) is 1. The second kappa shape index (κ2) is 10.2. The van der Waals surface area contributed by atoms with Gasteiger partial charge in [-0.25, -0.2) is 4.99 Å². The number of aliphatic imine (C=N–C) groups is 1. The molecule has 1 heterocycles. The number of aliphatic hydroxyl groups excluding tert-OH is 1. The molecule has 1 aromatic carbocycles. The van der Waals surface area contributed by atoms with Gasteiger partial charge >= 0.3 is 0 Å². The molecule has 134 valence electrons. The Bertz CT molecular complexity index is 597. The third-order valence-electron chi connectivity index (χ3n) is 3.64. The standard InChI is InChI=1S/C16H23BrN4O2.HI/c1-3-18-16(21-7-6-13(22)10-21)19-9-15(23)20-14-8-12(17)5-4-11(14)2;/h4-5,8,13,22H,3,6-7,9-10H2,1-2H3,(H,18,19)(H,20,23);1H/t13-;/m1./s1. The minimum Gasteiger partial charge on any atom is -0.391 e. The van der Waals surface area contributed by atoms with Crippen molar-refractivity contribution in [1.82, 2.24) is 10.2 Å². The van der Waals surface area contributed by atoms with E-state index in [1.807, 2.05) is 36.9 Å². The number of aryl methyl sites for hydroxylation is 1. The van der Waals surface area contributed by atoms with Crippen molar-refractivity contribution in [2.75, 3.05) is 31.5 Å². The molecule has 1 aromatic rings. The highest BCUT2D eigenvalue weighted by molar-refractivity contribution is 14.0. The number of β-amino-alcohol motifs (C(OH)–C–C–N with tert-alkyl or cyclic N) is 1. The summed E-state index contributed by atoms with van der Waals surface area (Å²) in [5, 5.41) is 15.7. The number of hydrogen-bond donors (Lipinski definition) is 3. The Hall–Kier alpha value is -0.870. The van der Waals surface area contributed by atoms with Crippen molar-refractivity contribution in [3.05, 3.63) is 28.2 Å². The van der Waals surface area contributed by atoms with Crippen LogP contribution in [0.5, 0.6) is 0 Å². The molecule has 0 unspecified atom stereocenters. The molecular weight excluding hydrogens is 487 g/mol. The van der Waals surface area contributed by atoms with Crippen LogP contribution < -0.4 is 10.6 Å². The van der Waals surface area contributed by atoms with E-state index < -0.39 is 0 Å². The van der Waals surface area contributed by atoms with Crippen LogP contribution in [0.4, 0.5) is 5.69 Å². The molecule has 0 saturated carbocycles. The summed E-state index contributed by atoms with van der Waals surface area (Å²) in [5.74, 6) is 0.506. The Morgan fingerprint density at radius 2 is 2.25 bits per heavy atom. The second-order valence-electron chi connectivity index (χ2n) is 5.57. The number of hydrogen-bond acceptors (Lipinski definition) is 3. The van der Waals surface area contributed by atoms with Crippen molar-refractivity contribution < 1.29 is 9.90 Å². The second-order valence-corrected chi connectivity index (χ2v) is 6.48. The SMILES string of the molecule is CCNC(=NCC(=O)Nc1cc(Br)ccc1C)N1CC[C@@H](O)C1.I. The molecule has 2 rings (SSSR count). The minimum absolute atomic E-state index is 0. The van der Waals surface area contributed by atoms with E-state index >= 15 is 0 Å². The van der Waals surface area contributed by atoms with Crippen LogP contribution in [0.3, 0.4) is 0 Å². The molecule has 1 aliphatic heterocycles. The van der Waals surface area contributed by atoms with E-state index in [9.17, 15) is 9.90 Å². The van der Waals surface area contributed by atoms with E-state index in [-0.39, 0.29) is 42.5 Å². The third kappa shape index (κ3) is 6.21. The van der Waals surface area contributed by atoms with Crippen molar-refractivity contribution in [2.24, 2.45) is 4.99 Å². The number of amides is 1. The number of aliphatic hydroxyl groups is 1. The lowest BCUT2D eigenvalue weighted by molar-refractivity contribution is -0.114. The average molecular weight is 511 g/mol. The molecule has 1 fully saturated rings. The smallest absolute Gasteiger partial charge is 0.246 e. The predicted molar refractivity (Wildman–Crippen MR) is 111 cm³/mol. The molecule has 1 amide bonds. The molecule has 0 spiro atoms. The van der Waals surface area contributed by atoms with Gasteiger partial charge in [0.15, 0.2) is 5.96 Å². The molecule has 0 aromatic heterocycles. The quantitative estimate of drug-likeness (QED) is 0.330. The number of anilines is 1. The summed E-state index contributed by atoms with van der Waals surface area (Å²) < 4.78 is 0.918. The van der Waals surface area contributed by atoms with Gasteiger partial charge < -0.3 is 20.6 Å². The fourth-order valence-corrected chi connectivity index (χ4v) is 2.79. The van der Waals surface area contributed by atoms with Crippen LogP contribution in [-0.2, 0) is 4.79 Å². The topological polar surface area (TPSA) is 77.0 Å². The summed E-state index contributed by atoms with van der Waals surface area (Å²) in [5.41, 5.74) is 1.78. The lowest BCUT2D eigenvalue weighted by atomic mass is 10.2. The van der Waals surface area contributed by atoms with Crippen molar-refractivity contribution in [1.29, 1.82) is 0 Å². The van der Waals surface area contributed by atoms with Crippen LogP contribution in [0, 0.1) is 6.92 Å². The van der Waals surface area contributed by atoms with Gasteiger partial charge in [0.2, 0.25) is 5.91 Å². The number of halogens is 2. The van der Waals surface area contributed by atoms with Gasteiger partial charge in [0, 0.05) is 29.8 Å². The molecule has 1 saturated heterocycles. The molecule has 0 bridgehead atoms. The zero-order valence-corrected chi connectivity index (χ0v) is 17.8. The zero-order chi connectivity index (χ0) is 16.8. The Labute approximate surface area is 168 Å². The van der Waals surface area contributed by atoms with Gasteiger partial charge in [0.25, 0.3) is 0 Å². The van der Waals surface area contributed by atoms with Crippen LogP contribution in [0.1, 0.15) is 18.9 Å². The number of carbonyl (C=O) groups is 1. The molecule has 6 nitrogen and oxygen atoms in total. The molecule has 3 N–H and O–H groups in total. The maximum absolute atomic E-state index is 12.1. The lowest BCUT2D eigenvalue weighted by Crippen LogP contribution is -2.41. The van der Waals surface area contributed by atoms with Crippen molar-refractivity contribution in [2.45, 2.75) is 26.4 Å². The Morgan fingerprint density at radius 3 is 2.88 bits per heavy atom. The predicted octanol–water partition coefficient (Wildman–Crippen LogP) is 2.35. The molecule has 0 aliphatic carbocycles. The average Bonchev–Trinajstić information content (AvgIpc) is 2.93. The van der Waals surface area contributed by atoms with Crippen LogP contribution in [0.2, 0.25) is 0 Å². The normalized spacial score (nSPS) is 17.4. The molecule has 8 heteroatoms. The van der Waals surface area contributed by atoms with Crippen LogP contribution in [0.25, 0.3) is 0 Å². The molecule has 1 aliphatic rings. The first-order chi connectivity index (χ1) is 11.0. The van der Waals surface area contributed by atoms with Gasteiger partial charge in [-0.15, -0.1) is 24.0 Å². The van der Waals surface area contributed by atoms with Gasteiger partial charge in [-0.3, -0.25) is 4.79 Å². The van der Waals surface area contributed by atoms with E-state index in [2.05, 4.69) is 31.6 Å². The zero-order valence-electron chi connectivity index (χ0n) is 13.9. The van der Waals surface area contributed by atoms with E-state index in [1.165, 1.54) is 0 Å². The summed E-state index contributed by atoms with van der Waals surface area (Å²) in [7, 11) is 0. The fraction of sp³-hybridized carbons (Fsp3) is 0.500. The van der Waals surface area contributed by atoms with Gasteiger partial charge in [0.05, 0.1) is 6.10 Å². The van der Waals surface area contributed by atoms with Crippen molar-refractivity contribution >= 4 is 57.5 Å². The summed E-state index contributed by atoms with van der Waals surface area (Å²) >= 11 is 3.40. The highest BCUT2D eigenvalue weighted by Crippen LogP contribution is 2.20. The maximum atomic E-state index is 12.1. The summed E-state index contributed by atoms with van der Waals surface area (Å²) in [6.07, 6.45) is 0.408. The first-order valence-electron chi connectivity index (χ1n) is 7.77. The van der Waals surface area contributed by atoms with E-state index in [0.717, 1.165) is 35.2 Å². The number of benzene rings is 1. The number of nitrogens with one attached hydrogen (secondary N) is 2. The van der Waals surface area contributed by atoms with Crippen molar-refractivity contribution in [3.8, 4) is 0 Å². The molecule has 24 heavy (non-hydrogen) atoms. The summed E-state index contributed by atoms with van der Waals surface area (Å²) in [6, 6.07) is 5.75.